The highest BCUT2D eigenvalue weighted by Crippen LogP contribution is 2.25. The summed E-state index contributed by atoms with van der Waals surface area (Å²) in [7, 11) is -3.72. The molecular formula is C24H26O8S. The molecule has 9 heteroatoms. The maximum Gasteiger partial charge on any atom is 0.330 e. The molecule has 0 aromatic heterocycles. The van der Waals surface area contributed by atoms with Gasteiger partial charge in [-0.15, -0.1) is 0 Å². The number of esters is 2. The molecule has 0 aliphatic carbocycles. The zero-order valence-electron chi connectivity index (χ0n) is 18.4. The van der Waals surface area contributed by atoms with Crippen LogP contribution >= 0.6 is 0 Å². The second-order valence-corrected chi connectivity index (χ2v) is 8.43. The van der Waals surface area contributed by atoms with Crippen LogP contribution in [0.3, 0.4) is 0 Å². The zero-order valence-corrected chi connectivity index (χ0v) is 19.2. The van der Waals surface area contributed by atoms with E-state index in [1.807, 2.05) is 0 Å². The third-order valence-corrected chi connectivity index (χ3v) is 5.85. The van der Waals surface area contributed by atoms with Crippen molar-refractivity contribution < 1.29 is 37.0 Å². The molecule has 0 saturated heterocycles. The first-order valence-corrected chi connectivity index (χ1v) is 11.6. The van der Waals surface area contributed by atoms with Crippen LogP contribution in [0.15, 0.2) is 82.6 Å². The molecule has 0 atom stereocenters. The van der Waals surface area contributed by atoms with E-state index in [4.69, 9.17) is 18.9 Å². The van der Waals surface area contributed by atoms with Crippen molar-refractivity contribution in [1.29, 1.82) is 0 Å². The van der Waals surface area contributed by atoms with E-state index in [1.54, 1.807) is 26.0 Å². The summed E-state index contributed by atoms with van der Waals surface area (Å²) in [6.45, 7) is 3.87. The zero-order chi connectivity index (χ0) is 24.1. The van der Waals surface area contributed by atoms with E-state index in [2.05, 4.69) is 0 Å². The van der Waals surface area contributed by atoms with Gasteiger partial charge in [-0.05, 0) is 62.4 Å². The van der Waals surface area contributed by atoms with Crippen LogP contribution < -0.4 is 9.47 Å². The normalized spacial score (nSPS) is 11.5. The quantitative estimate of drug-likeness (QED) is 0.261. The van der Waals surface area contributed by atoms with Crippen LogP contribution in [0, 0.1) is 0 Å². The molecule has 0 spiro atoms. The van der Waals surface area contributed by atoms with Crippen LogP contribution in [-0.2, 0) is 28.9 Å². The number of ether oxygens (including phenoxy) is 4. The predicted molar refractivity (Wildman–Crippen MR) is 121 cm³/mol. The second kappa shape index (κ2) is 13.1. The smallest absolute Gasteiger partial charge is 0.330 e. The standard InChI is InChI=1S/C24H26O8S/c1-3-5-23(25)31-17-15-29-19-7-11-21(12-8-19)33(27,28)22-13-9-20(10-14-22)30-16-18-32-24(26)6-4-2/h3-14H,15-18H2,1-2H3. The molecule has 2 rings (SSSR count). The molecule has 0 aliphatic rings. The minimum absolute atomic E-state index is 0.0792. The van der Waals surface area contributed by atoms with E-state index in [-0.39, 0.29) is 36.2 Å². The number of allylic oxidation sites excluding steroid dienone is 2. The molecule has 0 unspecified atom stereocenters. The van der Waals surface area contributed by atoms with Gasteiger partial charge in [0.05, 0.1) is 9.79 Å². The summed E-state index contributed by atoms with van der Waals surface area (Å²) in [5.41, 5.74) is 0. The number of hydrogen-bond donors (Lipinski definition) is 0. The average molecular weight is 475 g/mol. The molecular weight excluding hydrogens is 448 g/mol. The van der Waals surface area contributed by atoms with Gasteiger partial charge >= 0.3 is 11.9 Å². The first-order chi connectivity index (χ1) is 15.9. The van der Waals surface area contributed by atoms with E-state index in [1.165, 1.54) is 60.7 Å². The van der Waals surface area contributed by atoms with Gasteiger partial charge in [0.25, 0.3) is 0 Å². The van der Waals surface area contributed by atoms with Gasteiger partial charge in [-0.25, -0.2) is 18.0 Å². The molecule has 8 nitrogen and oxygen atoms in total. The summed E-state index contributed by atoms with van der Waals surface area (Å²) in [6.07, 6.45) is 5.77. The first-order valence-electron chi connectivity index (χ1n) is 10.2. The fourth-order valence-electron chi connectivity index (χ4n) is 2.54. The van der Waals surface area contributed by atoms with Crippen molar-refractivity contribution in [1.82, 2.24) is 0 Å². The summed E-state index contributed by atoms with van der Waals surface area (Å²) < 4.78 is 46.4. The summed E-state index contributed by atoms with van der Waals surface area (Å²) >= 11 is 0. The van der Waals surface area contributed by atoms with E-state index in [0.29, 0.717) is 11.5 Å². The first kappa shape index (κ1) is 25.7. The number of sulfone groups is 1. The molecule has 0 fully saturated rings. The number of carbonyl (C=O) groups excluding carboxylic acids is 2. The van der Waals surface area contributed by atoms with E-state index < -0.39 is 21.8 Å². The van der Waals surface area contributed by atoms with Crippen molar-refractivity contribution in [2.45, 2.75) is 23.6 Å². The highest BCUT2D eigenvalue weighted by atomic mass is 32.2. The Kier molecular flexibility index (Phi) is 10.2. The van der Waals surface area contributed by atoms with Crippen molar-refractivity contribution in [2.75, 3.05) is 26.4 Å². The molecule has 0 N–H and O–H groups in total. The molecule has 0 heterocycles. The second-order valence-electron chi connectivity index (χ2n) is 6.48. The lowest BCUT2D eigenvalue weighted by atomic mass is 10.3. The van der Waals surface area contributed by atoms with Gasteiger partial charge in [-0.1, -0.05) is 12.2 Å². The van der Waals surface area contributed by atoms with Crippen LogP contribution in [0.25, 0.3) is 0 Å². The number of benzene rings is 2. The van der Waals surface area contributed by atoms with Crippen LogP contribution in [0.5, 0.6) is 11.5 Å². The van der Waals surface area contributed by atoms with Crippen LogP contribution in [0.4, 0.5) is 0 Å². The van der Waals surface area contributed by atoms with E-state index in [0.717, 1.165) is 0 Å². The number of carbonyl (C=O) groups is 2. The highest BCUT2D eigenvalue weighted by molar-refractivity contribution is 7.91. The Balaban J connectivity index is 1.88. The number of rotatable bonds is 12. The molecule has 2 aromatic rings. The minimum Gasteiger partial charge on any atom is -0.490 e. The molecule has 0 radical (unpaired) electrons. The van der Waals surface area contributed by atoms with Crippen molar-refractivity contribution in [2.24, 2.45) is 0 Å². The van der Waals surface area contributed by atoms with Crippen LogP contribution in [0.2, 0.25) is 0 Å². The SMILES string of the molecule is CC=CC(=O)OCCOc1ccc(S(=O)(=O)c2ccc(OCCOC(=O)C=CC)cc2)cc1. The Bertz CT molecular complexity index is 987. The van der Waals surface area contributed by atoms with E-state index in [9.17, 15) is 18.0 Å². The van der Waals surface area contributed by atoms with Gasteiger partial charge in [0.15, 0.2) is 0 Å². The molecule has 0 saturated carbocycles. The van der Waals surface area contributed by atoms with Gasteiger partial charge in [0.1, 0.15) is 37.9 Å². The highest BCUT2D eigenvalue weighted by Gasteiger charge is 2.17. The van der Waals surface area contributed by atoms with Crippen LogP contribution in [-0.4, -0.2) is 46.8 Å². The fourth-order valence-corrected chi connectivity index (χ4v) is 3.80. The van der Waals surface area contributed by atoms with Gasteiger partial charge in [0.2, 0.25) is 9.84 Å². The molecule has 176 valence electrons. The Hall–Kier alpha value is -3.59. The Morgan fingerprint density at radius 3 is 1.36 bits per heavy atom. The van der Waals surface area contributed by atoms with Crippen molar-refractivity contribution in [3.8, 4) is 11.5 Å². The summed E-state index contributed by atoms with van der Waals surface area (Å²) in [6, 6.07) is 11.9. The largest absolute Gasteiger partial charge is 0.490 e. The maximum absolute atomic E-state index is 12.8. The average Bonchev–Trinajstić information content (AvgIpc) is 2.80. The monoisotopic (exact) mass is 474 g/mol. The minimum atomic E-state index is -3.72. The molecule has 2 aromatic carbocycles. The Morgan fingerprint density at radius 2 is 1.03 bits per heavy atom. The van der Waals surface area contributed by atoms with E-state index >= 15 is 0 Å². The topological polar surface area (TPSA) is 105 Å². The lowest BCUT2D eigenvalue weighted by Gasteiger charge is -2.09. The molecule has 0 bridgehead atoms. The maximum atomic E-state index is 12.8. The van der Waals surface area contributed by atoms with Gasteiger partial charge in [-0.3, -0.25) is 0 Å². The lowest BCUT2D eigenvalue weighted by Crippen LogP contribution is -2.10. The third-order valence-electron chi connectivity index (χ3n) is 4.07. The fraction of sp³-hybridized carbons (Fsp3) is 0.250. The Morgan fingerprint density at radius 1 is 0.667 bits per heavy atom. The van der Waals surface area contributed by atoms with Crippen LogP contribution in [0.1, 0.15) is 13.8 Å². The molecule has 33 heavy (non-hydrogen) atoms. The molecule has 0 amide bonds. The summed E-state index contributed by atoms with van der Waals surface area (Å²) in [5.74, 6) is 0.00315. The molecule has 0 aliphatic heterocycles. The summed E-state index contributed by atoms with van der Waals surface area (Å²) in [4.78, 5) is 22.7. The van der Waals surface area contributed by atoms with Gasteiger partial charge in [-0.2, -0.15) is 0 Å². The van der Waals surface area contributed by atoms with Gasteiger partial charge in [0, 0.05) is 12.2 Å². The van der Waals surface area contributed by atoms with Crippen molar-refractivity contribution >= 4 is 21.8 Å². The Labute approximate surface area is 193 Å². The summed E-state index contributed by atoms with van der Waals surface area (Å²) in [5, 5.41) is 0. The third kappa shape index (κ3) is 8.46. The van der Waals surface area contributed by atoms with Gasteiger partial charge < -0.3 is 18.9 Å². The lowest BCUT2D eigenvalue weighted by molar-refractivity contribution is -0.139. The van der Waals surface area contributed by atoms with Crippen molar-refractivity contribution in [3.63, 3.8) is 0 Å². The number of hydrogen-bond acceptors (Lipinski definition) is 8. The van der Waals surface area contributed by atoms with Crippen molar-refractivity contribution in [3.05, 3.63) is 72.8 Å². The predicted octanol–water partition coefficient (Wildman–Crippen LogP) is 3.52.